The lowest BCUT2D eigenvalue weighted by atomic mass is 10.1. The van der Waals surface area contributed by atoms with Gasteiger partial charge in [-0.05, 0) is 12.8 Å². The molecule has 0 bridgehead atoms. The monoisotopic (exact) mass is 423 g/mol. The molecule has 0 fully saturated rings. The number of amides is 1. The Morgan fingerprint density at radius 1 is 1.00 bits per heavy atom. The quantitative estimate of drug-likeness (QED) is 0.201. The van der Waals surface area contributed by atoms with Crippen LogP contribution in [-0.2, 0) is 14.3 Å². The number of unbranched alkanes of at least 4 members (excludes halogenated alkanes) is 5. The van der Waals surface area contributed by atoms with Crippen molar-refractivity contribution in [2.75, 3.05) is 6.61 Å². The molecule has 0 saturated carbocycles. The van der Waals surface area contributed by atoms with Crippen molar-refractivity contribution in [2.45, 2.75) is 75.9 Å². The summed E-state index contributed by atoms with van der Waals surface area (Å²) in [6, 6.07) is -1.86. The molecule has 1 N–H and O–H groups in total. The van der Waals surface area contributed by atoms with E-state index in [-0.39, 0.29) is 6.61 Å². The topological polar surface area (TPSA) is 55.4 Å². The van der Waals surface area contributed by atoms with Gasteiger partial charge >= 0.3 is 24.0 Å². The van der Waals surface area contributed by atoms with Gasteiger partial charge in [0.05, 0.1) is 6.61 Å². The fourth-order valence-corrected chi connectivity index (χ4v) is 2.11. The predicted octanol–water partition coefficient (Wildman–Crippen LogP) is 4.78. The van der Waals surface area contributed by atoms with Gasteiger partial charge < -0.3 is 10.1 Å². The van der Waals surface area contributed by atoms with Crippen LogP contribution in [0.25, 0.3) is 0 Å². The molecule has 0 rings (SSSR count). The highest BCUT2D eigenvalue weighted by Crippen LogP contribution is 2.46. The van der Waals surface area contributed by atoms with Crippen LogP contribution in [0.2, 0.25) is 0 Å². The average molecular weight is 423 g/mol. The minimum absolute atomic E-state index is 0.108. The molecule has 0 aromatic carbocycles. The van der Waals surface area contributed by atoms with Crippen LogP contribution in [0.3, 0.4) is 0 Å². The van der Waals surface area contributed by atoms with Crippen molar-refractivity contribution >= 4 is 11.9 Å². The second-order valence-corrected chi connectivity index (χ2v) is 6.13. The second-order valence-electron chi connectivity index (χ2n) is 6.13. The van der Waals surface area contributed by atoms with Crippen LogP contribution in [0.5, 0.6) is 0 Å². The van der Waals surface area contributed by atoms with E-state index in [1.165, 1.54) is 5.32 Å². The van der Waals surface area contributed by atoms with Crippen LogP contribution in [-0.4, -0.2) is 42.5 Å². The first kappa shape index (κ1) is 26.2. The van der Waals surface area contributed by atoms with E-state index >= 15 is 0 Å². The molecular weight excluding hydrogens is 399 g/mol. The third-order valence-corrected chi connectivity index (χ3v) is 3.77. The number of carbonyl (C=O) groups is 2. The molecule has 1 atom stereocenters. The van der Waals surface area contributed by atoms with Gasteiger partial charge in [-0.3, -0.25) is 4.79 Å². The standard InChI is InChI=1S/C17H24F7NO3/c1-3-5-6-7-8-9-11-28-13(26)12(10-4-2)25-14(27)15(18,19)16(20,21)17(22,23)24/h4,12H,2-3,5-11H2,1H3,(H,25,27). The van der Waals surface area contributed by atoms with Gasteiger partial charge in [-0.15, -0.1) is 6.58 Å². The molecule has 0 aromatic heterocycles. The van der Waals surface area contributed by atoms with Crippen LogP contribution < -0.4 is 5.32 Å². The summed E-state index contributed by atoms with van der Waals surface area (Å²) in [5.74, 6) is -16.9. The summed E-state index contributed by atoms with van der Waals surface area (Å²) in [5, 5.41) is 1.19. The molecule has 11 heteroatoms. The van der Waals surface area contributed by atoms with Crippen molar-refractivity contribution < 1.29 is 45.1 Å². The zero-order valence-corrected chi connectivity index (χ0v) is 15.4. The fourth-order valence-electron chi connectivity index (χ4n) is 2.11. The van der Waals surface area contributed by atoms with E-state index in [2.05, 4.69) is 6.58 Å². The first-order valence-electron chi connectivity index (χ1n) is 8.73. The molecule has 1 amide bonds. The van der Waals surface area contributed by atoms with Crippen molar-refractivity contribution in [2.24, 2.45) is 0 Å². The summed E-state index contributed by atoms with van der Waals surface area (Å²) >= 11 is 0. The largest absolute Gasteiger partial charge is 0.464 e. The molecule has 0 aliphatic heterocycles. The molecule has 0 heterocycles. The number of ether oxygens (including phenoxy) is 1. The molecule has 1 unspecified atom stereocenters. The Morgan fingerprint density at radius 3 is 2.04 bits per heavy atom. The van der Waals surface area contributed by atoms with Gasteiger partial charge in [-0.25, -0.2) is 4.79 Å². The van der Waals surface area contributed by atoms with Gasteiger partial charge in [0.1, 0.15) is 6.04 Å². The van der Waals surface area contributed by atoms with E-state index in [1.807, 2.05) is 6.92 Å². The average Bonchev–Trinajstić information content (AvgIpc) is 2.59. The molecular formula is C17H24F7NO3. The van der Waals surface area contributed by atoms with Crippen LogP contribution in [0.1, 0.15) is 51.9 Å². The zero-order valence-electron chi connectivity index (χ0n) is 15.4. The summed E-state index contributed by atoms with van der Waals surface area (Å²) in [6.45, 7) is 5.13. The first-order valence-corrected chi connectivity index (χ1v) is 8.73. The van der Waals surface area contributed by atoms with Gasteiger partial charge in [0.2, 0.25) is 0 Å². The summed E-state index contributed by atoms with van der Waals surface area (Å²) in [4.78, 5) is 23.2. The van der Waals surface area contributed by atoms with Gasteiger partial charge in [0.15, 0.2) is 0 Å². The van der Waals surface area contributed by atoms with Gasteiger partial charge in [0.25, 0.3) is 5.91 Å². The number of alkyl halides is 7. The Kier molecular flexibility index (Phi) is 10.5. The van der Waals surface area contributed by atoms with Crippen molar-refractivity contribution in [1.82, 2.24) is 5.32 Å². The highest BCUT2D eigenvalue weighted by Gasteiger charge is 2.76. The van der Waals surface area contributed by atoms with Gasteiger partial charge in [-0.2, -0.15) is 30.7 Å². The Balaban J connectivity index is 4.81. The number of hydrogen-bond acceptors (Lipinski definition) is 3. The van der Waals surface area contributed by atoms with Crippen LogP contribution in [0, 0.1) is 0 Å². The molecule has 0 aliphatic rings. The maximum Gasteiger partial charge on any atom is 0.460 e. The Bertz CT molecular complexity index is 521. The molecule has 4 nitrogen and oxygen atoms in total. The third kappa shape index (κ3) is 7.31. The molecule has 0 aliphatic carbocycles. The lowest BCUT2D eigenvalue weighted by Crippen LogP contribution is -2.61. The number of hydrogen-bond donors (Lipinski definition) is 1. The summed E-state index contributed by atoms with van der Waals surface area (Å²) in [7, 11) is 0. The number of carbonyl (C=O) groups excluding carboxylic acids is 2. The summed E-state index contributed by atoms with van der Waals surface area (Å²) in [6.07, 6.45) is -1.01. The molecule has 0 aromatic rings. The fraction of sp³-hybridized carbons (Fsp3) is 0.765. The summed E-state index contributed by atoms with van der Waals surface area (Å²) in [5.41, 5.74) is 0. The minimum Gasteiger partial charge on any atom is -0.464 e. The highest BCUT2D eigenvalue weighted by atomic mass is 19.4. The lowest BCUT2D eigenvalue weighted by molar-refractivity contribution is -0.344. The number of halogens is 7. The molecule has 0 saturated heterocycles. The molecule has 0 spiro atoms. The zero-order chi connectivity index (χ0) is 22.0. The number of rotatable bonds is 13. The van der Waals surface area contributed by atoms with Crippen molar-refractivity contribution in [3.8, 4) is 0 Å². The van der Waals surface area contributed by atoms with Crippen LogP contribution in [0.15, 0.2) is 12.7 Å². The number of esters is 1. The van der Waals surface area contributed by atoms with Crippen molar-refractivity contribution in [1.29, 1.82) is 0 Å². The predicted molar refractivity (Wildman–Crippen MR) is 87.0 cm³/mol. The van der Waals surface area contributed by atoms with E-state index in [1.54, 1.807) is 0 Å². The van der Waals surface area contributed by atoms with Crippen LogP contribution in [0.4, 0.5) is 30.7 Å². The van der Waals surface area contributed by atoms with Crippen molar-refractivity contribution in [3.05, 3.63) is 12.7 Å². The first-order chi connectivity index (χ1) is 12.8. The normalized spacial score (nSPS) is 13.7. The Morgan fingerprint density at radius 2 is 1.54 bits per heavy atom. The van der Waals surface area contributed by atoms with E-state index in [4.69, 9.17) is 4.74 Å². The van der Waals surface area contributed by atoms with E-state index in [0.717, 1.165) is 38.2 Å². The van der Waals surface area contributed by atoms with Gasteiger partial charge in [0, 0.05) is 0 Å². The number of nitrogens with one attached hydrogen (secondary N) is 1. The second kappa shape index (κ2) is 11.3. The highest BCUT2D eigenvalue weighted by molar-refractivity contribution is 5.89. The maximum atomic E-state index is 13.3. The van der Waals surface area contributed by atoms with Crippen molar-refractivity contribution in [3.63, 3.8) is 0 Å². The van der Waals surface area contributed by atoms with E-state index < -0.39 is 42.4 Å². The van der Waals surface area contributed by atoms with E-state index in [9.17, 15) is 40.3 Å². The Hall–Kier alpha value is -1.81. The smallest absolute Gasteiger partial charge is 0.460 e. The third-order valence-electron chi connectivity index (χ3n) is 3.77. The summed E-state index contributed by atoms with van der Waals surface area (Å²) < 4.78 is 93.7. The van der Waals surface area contributed by atoms with Crippen LogP contribution >= 0.6 is 0 Å². The minimum atomic E-state index is -6.65. The Labute approximate surface area is 158 Å². The van der Waals surface area contributed by atoms with Gasteiger partial charge in [-0.1, -0.05) is 45.1 Å². The maximum absolute atomic E-state index is 13.3. The van der Waals surface area contributed by atoms with E-state index in [0.29, 0.717) is 6.42 Å². The lowest BCUT2D eigenvalue weighted by Gasteiger charge is -2.28. The molecule has 164 valence electrons. The molecule has 0 radical (unpaired) electrons. The molecule has 28 heavy (non-hydrogen) atoms. The SMILES string of the molecule is C=CCC(NC(=O)C(F)(F)C(F)(F)C(F)(F)F)C(=O)OCCCCCCCC.